The molecule has 1 aromatic carbocycles. The van der Waals surface area contributed by atoms with Crippen molar-refractivity contribution in [3.63, 3.8) is 0 Å². The van der Waals surface area contributed by atoms with Crippen molar-refractivity contribution < 1.29 is 22.6 Å². The van der Waals surface area contributed by atoms with Gasteiger partial charge in [-0.05, 0) is 12.1 Å². The molecule has 0 bridgehead atoms. The summed E-state index contributed by atoms with van der Waals surface area (Å²) in [5.41, 5.74) is 0. The fourth-order valence-corrected chi connectivity index (χ4v) is 1.07. The number of alkyl halides is 3. The number of hydrogen-bond acceptors (Lipinski definition) is 2. The molecule has 0 unspecified atom stereocenters. The lowest BCUT2D eigenvalue weighted by atomic mass is 10.3. The van der Waals surface area contributed by atoms with Crippen LogP contribution in [-0.4, -0.2) is 13.5 Å². The van der Waals surface area contributed by atoms with E-state index in [4.69, 9.17) is 11.6 Å². The van der Waals surface area contributed by atoms with Gasteiger partial charge in [-0.2, -0.15) is 0 Å². The molecule has 1 rings (SSSR count). The lowest BCUT2D eigenvalue weighted by molar-refractivity contribution is -0.275. The Balaban J connectivity index is 3.05. The van der Waals surface area contributed by atoms with Crippen LogP contribution in [0.2, 0.25) is 5.02 Å². The van der Waals surface area contributed by atoms with E-state index in [2.05, 4.69) is 9.47 Å². The fourth-order valence-electron chi connectivity index (χ4n) is 0.865. The smallest absolute Gasteiger partial charge is 0.493 e. The SMILES string of the molecule is COc1cccc(Cl)c1OC(F)(F)F. The zero-order valence-electron chi connectivity index (χ0n) is 7.06. The quantitative estimate of drug-likeness (QED) is 0.771. The predicted molar refractivity (Wildman–Crippen MR) is 44.7 cm³/mol. The third kappa shape index (κ3) is 2.70. The molecule has 14 heavy (non-hydrogen) atoms. The topological polar surface area (TPSA) is 18.5 Å². The van der Waals surface area contributed by atoms with Crippen LogP contribution in [0, 0.1) is 0 Å². The maximum absolute atomic E-state index is 11.9. The van der Waals surface area contributed by atoms with E-state index in [1.165, 1.54) is 25.3 Å². The Morgan fingerprint density at radius 1 is 1.29 bits per heavy atom. The first-order valence-electron chi connectivity index (χ1n) is 3.52. The number of halogens is 4. The zero-order chi connectivity index (χ0) is 10.8. The Morgan fingerprint density at radius 3 is 2.43 bits per heavy atom. The van der Waals surface area contributed by atoms with E-state index in [1.807, 2.05) is 0 Å². The highest BCUT2D eigenvalue weighted by Crippen LogP contribution is 2.37. The summed E-state index contributed by atoms with van der Waals surface area (Å²) < 4.78 is 44.1. The third-order valence-electron chi connectivity index (χ3n) is 1.37. The molecule has 0 aliphatic heterocycles. The molecule has 0 N–H and O–H groups in total. The van der Waals surface area contributed by atoms with Gasteiger partial charge in [0.2, 0.25) is 0 Å². The van der Waals surface area contributed by atoms with Gasteiger partial charge in [-0.1, -0.05) is 17.7 Å². The van der Waals surface area contributed by atoms with Gasteiger partial charge in [-0.25, -0.2) is 0 Å². The van der Waals surface area contributed by atoms with Crippen molar-refractivity contribution in [1.82, 2.24) is 0 Å². The minimum Gasteiger partial charge on any atom is -0.493 e. The Hall–Kier alpha value is -1.10. The summed E-state index contributed by atoms with van der Waals surface area (Å²) in [5, 5.41) is -0.151. The molecule has 0 spiro atoms. The van der Waals surface area contributed by atoms with Crippen LogP contribution in [0.3, 0.4) is 0 Å². The standard InChI is InChI=1S/C8H6ClF3O2/c1-13-6-4-2-3-5(9)7(6)14-8(10,11)12/h2-4H,1H3. The predicted octanol–water partition coefficient (Wildman–Crippen LogP) is 3.25. The molecule has 0 fully saturated rings. The monoisotopic (exact) mass is 226 g/mol. The summed E-state index contributed by atoms with van der Waals surface area (Å²) in [4.78, 5) is 0. The molecule has 0 heterocycles. The lowest BCUT2D eigenvalue weighted by Gasteiger charge is -2.13. The second kappa shape index (κ2) is 3.96. The van der Waals surface area contributed by atoms with Crippen LogP contribution in [0.4, 0.5) is 13.2 Å². The van der Waals surface area contributed by atoms with Crippen molar-refractivity contribution in [3.05, 3.63) is 23.2 Å². The van der Waals surface area contributed by atoms with Crippen LogP contribution < -0.4 is 9.47 Å². The van der Waals surface area contributed by atoms with Crippen molar-refractivity contribution in [3.8, 4) is 11.5 Å². The number of ether oxygens (including phenoxy) is 2. The maximum atomic E-state index is 11.9. The second-order valence-electron chi connectivity index (χ2n) is 2.32. The number of hydrogen-bond donors (Lipinski definition) is 0. The molecule has 0 aliphatic rings. The van der Waals surface area contributed by atoms with Gasteiger partial charge in [0.05, 0.1) is 12.1 Å². The van der Waals surface area contributed by atoms with Crippen molar-refractivity contribution in [1.29, 1.82) is 0 Å². The van der Waals surface area contributed by atoms with Crippen LogP contribution in [-0.2, 0) is 0 Å². The van der Waals surface area contributed by atoms with Gasteiger partial charge in [0, 0.05) is 0 Å². The van der Waals surface area contributed by atoms with E-state index >= 15 is 0 Å². The fraction of sp³-hybridized carbons (Fsp3) is 0.250. The lowest BCUT2D eigenvalue weighted by Crippen LogP contribution is -2.17. The van der Waals surface area contributed by atoms with Gasteiger partial charge in [0.25, 0.3) is 0 Å². The van der Waals surface area contributed by atoms with Gasteiger partial charge in [0.15, 0.2) is 11.5 Å². The highest BCUT2D eigenvalue weighted by molar-refractivity contribution is 6.32. The molecule has 6 heteroatoms. The Morgan fingerprint density at radius 2 is 1.93 bits per heavy atom. The van der Waals surface area contributed by atoms with Gasteiger partial charge in [0.1, 0.15) is 0 Å². The Labute approximate surface area is 83.2 Å². The van der Waals surface area contributed by atoms with Crippen LogP contribution in [0.25, 0.3) is 0 Å². The van der Waals surface area contributed by atoms with Crippen molar-refractivity contribution in [2.24, 2.45) is 0 Å². The Kier molecular flexibility index (Phi) is 3.10. The highest BCUT2D eigenvalue weighted by Gasteiger charge is 2.33. The second-order valence-corrected chi connectivity index (χ2v) is 2.73. The molecule has 0 atom stereocenters. The van der Waals surface area contributed by atoms with E-state index in [0.717, 1.165) is 0 Å². The molecule has 0 aliphatic carbocycles. The van der Waals surface area contributed by atoms with E-state index in [0.29, 0.717) is 0 Å². The van der Waals surface area contributed by atoms with Crippen LogP contribution in [0.1, 0.15) is 0 Å². The first-order valence-corrected chi connectivity index (χ1v) is 3.90. The van der Waals surface area contributed by atoms with Crippen LogP contribution >= 0.6 is 11.6 Å². The number of methoxy groups -OCH3 is 1. The minimum absolute atomic E-state index is 0.0603. The molecular formula is C8H6ClF3O2. The molecule has 1 aromatic rings. The molecular weight excluding hydrogens is 221 g/mol. The average molecular weight is 227 g/mol. The van der Waals surface area contributed by atoms with Crippen molar-refractivity contribution in [2.75, 3.05) is 7.11 Å². The highest BCUT2D eigenvalue weighted by atomic mass is 35.5. The zero-order valence-corrected chi connectivity index (χ0v) is 7.82. The first-order chi connectivity index (χ1) is 6.44. The van der Waals surface area contributed by atoms with Crippen LogP contribution in [0.5, 0.6) is 11.5 Å². The number of benzene rings is 1. The molecule has 0 saturated carbocycles. The van der Waals surface area contributed by atoms with Gasteiger partial charge in [-0.15, -0.1) is 13.2 Å². The molecule has 0 radical (unpaired) electrons. The van der Waals surface area contributed by atoms with Gasteiger partial charge < -0.3 is 9.47 Å². The third-order valence-corrected chi connectivity index (χ3v) is 1.67. The minimum atomic E-state index is -4.78. The molecule has 78 valence electrons. The summed E-state index contributed by atoms with van der Waals surface area (Å²) in [7, 11) is 1.23. The number of para-hydroxylation sites is 1. The van der Waals surface area contributed by atoms with E-state index in [1.54, 1.807) is 0 Å². The van der Waals surface area contributed by atoms with E-state index < -0.39 is 12.1 Å². The van der Waals surface area contributed by atoms with E-state index in [-0.39, 0.29) is 10.8 Å². The normalized spacial score (nSPS) is 11.2. The molecule has 0 aromatic heterocycles. The summed E-state index contributed by atoms with van der Waals surface area (Å²) in [6.07, 6.45) is -4.78. The Bertz CT molecular complexity index is 325. The molecule has 2 nitrogen and oxygen atoms in total. The summed E-state index contributed by atoms with van der Waals surface area (Å²) in [6.45, 7) is 0. The van der Waals surface area contributed by atoms with Crippen molar-refractivity contribution >= 4 is 11.6 Å². The summed E-state index contributed by atoms with van der Waals surface area (Å²) in [5.74, 6) is -0.584. The van der Waals surface area contributed by atoms with Gasteiger partial charge in [-0.3, -0.25) is 0 Å². The number of rotatable bonds is 2. The van der Waals surface area contributed by atoms with E-state index in [9.17, 15) is 13.2 Å². The van der Waals surface area contributed by atoms with Gasteiger partial charge >= 0.3 is 6.36 Å². The summed E-state index contributed by atoms with van der Waals surface area (Å²) in [6, 6.07) is 4.07. The summed E-state index contributed by atoms with van der Waals surface area (Å²) >= 11 is 5.51. The largest absolute Gasteiger partial charge is 0.573 e. The molecule has 0 amide bonds. The molecule has 0 saturated heterocycles. The van der Waals surface area contributed by atoms with Crippen LogP contribution in [0.15, 0.2) is 18.2 Å². The maximum Gasteiger partial charge on any atom is 0.573 e. The van der Waals surface area contributed by atoms with Crippen molar-refractivity contribution in [2.45, 2.75) is 6.36 Å². The first kappa shape index (κ1) is 11.0. The average Bonchev–Trinajstić information content (AvgIpc) is 2.06.